The maximum Gasteiger partial charge on any atom is 0.277 e. The second kappa shape index (κ2) is 11.1. The molecule has 0 bridgehead atoms. The standard InChI is InChI=1S/C23H26N4O4/c1-17(25-26-23(28)16-31-22-6-4-3-5-19(22)14-24)18-7-8-21(29-2)20(13-18)15-27-9-11-30-12-10-27/h3-8,13H,9-12,15-16H2,1-2H3,(H,26,28)/p+1/b25-17-. The molecule has 1 aliphatic rings. The van der Waals surface area contributed by atoms with Gasteiger partial charge in [-0.1, -0.05) is 12.1 Å². The number of hydrogen-bond acceptors (Lipinski definition) is 6. The topological polar surface area (TPSA) is 97.4 Å². The molecule has 0 saturated carbocycles. The number of hydrogen-bond donors (Lipinski definition) is 2. The average molecular weight is 423 g/mol. The van der Waals surface area contributed by atoms with Gasteiger partial charge in [-0.05, 0) is 42.8 Å². The molecule has 0 radical (unpaired) electrons. The van der Waals surface area contributed by atoms with E-state index in [4.69, 9.17) is 19.5 Å². The van der Waals surface area contributed by atoms with Gasteiger partial charge in [0.25, 0.3) is 5.91 Å². The van der Waals surface area contributed by atoms with E-state index >= 15 is 0 Å². The molecule has 1 amide bonds. The molecule has 0 aliphatic carbocycles. The number of methoxy groups -OCH3 is 1. The Hall–Kier alpha value is -3.41. The third kappa shape index (κ3) is 6.28. The minimum absolute atomic E-state index is 0.232. The van der Waals surface area contributed by atoms with Gasteiger partial charge in [0.15, 0.2) is 6.61 Å². The predicted molar refractivity (Wildman–Crippen MR) is 115 cm³/mol. The van der Waals surface area contributed by atoms with Gasteiger partial charge >= 0.3 is 0 Å². The summed E-state index contributed by atoms with van der Waals surface area (Å²) in [5.74, 6) is 0.800. The number of amides is 1. The molecule has 31 heavy (non-hydrogen) atoms. The second-order valence-electron chi connectivity index (χ2n) is 7.19. The van der Waals surface area contributed by atoms with Crippen molar-refractivity contribution in [3.05, 3.63) is 59.2 Å². The lowest BCUT2D eigenvalue weighted by molar-refractivity contribution is -0.921. The van der Waals surface area contributed by atoms with Crippen LogP contribution in [0, 0.1) is 11.3 Å². The van der Waals surface area contributed by atoms with Crippen LogP contribution in [0.5, 0.6) is 11.5 Å². The Morgan fingerprint density at radius 2 is 2.00 bits per heavy atom. The first-order valence-corrected chi connectivity index (χ1v) is 10.1. The van der Waals surface area contributed by atoms with E-state index in [1.807, 2.05) is 31.2 Å². The zero-order valence-corrected chi connectivity index (χ0v) is 17.8. The molecule has 8 nitrogen and oxygen atoms in total. The maximum atomic E-state index is 12.1. The third-order valence-electron chi connectivity index (χ3n) is 5.05. The number of para-hydroxylation sites is 1. The van der Waals surface area contributed by atoms with Crippen LogP contribution in [0.3, 0.4) is 0 Å². The SMILES string of the molecule is COc1ccc(/C(C)=N\NC(=O)COc2ccccc2C#N)cc1C[NH+]1CCOCC1. The smallest absolute Gasteiger partial charge is 0.277 e. The molecule has 0 aromatic heterocycles. The van der Waals surface area contributed by atoms with Crippen molar-refractivity contribution >= 4 is 11.6 Å². The van der Waals surface area contributed by atoms with Crippen LogP contribution in [-0.4, -0.2) is 51.6 Å². The Morgan fingerprint density at radius 3 is 2.74 bits per heavy atom. The molecule has 8 heteroatoms. The minimum Gasteiger partial charge on any atom is -0.496 e. The van der Waals surface area contributed by atoms with Crippen LogP contribution in [0.15, 0.2) is 47.6 Å². The van der Waals surface area contributed by atoms with E-state index in [0.29, 0.717) is 17.0 Å². The fourth-order valence-corrected chi connectivity index (χ4v) is 3.32. The first kappa shape index (κ1) is 22.3. The third-order valence-corrected chi connectivity index (χ3v) is 5.05. The molecule has 1 heterocycles. The number of hydrazone groups is 1. The van der Waals surface area contributed by atoms with Gasteiger partial charge in [0.05, 0.1) is 31.6 Å². The first-order valence-electron chi connectivity index (χ1n) is 10.1. The van der Waals surface area contributed by atoms with Crippen LogP contribution >= 0.6 is 0 Å². The lowest BCUT2D eigenvalue weighted by Gasteiger charge is -2.24. The molecule has 2 aromatic carbocycles. The van der Waals surface area contributed by atoms with Crippen LogP contribution < -0.4 is 19.8 Å². The zero-order valence-electron chi connectivity index (χ0n) is 17.8. The molecular formula is C23H27N4O4+. The maximum absolute atomic E-state index is 12.1. The minimum atomic E-state index is -0.404. The molecule has 0 spiro atoms. The molecule has 162 valence electrons. The van der Waals surface area contributed by atoms with Crippen molar-refractivity contribution in [1.29, 1.82) is 5.26 Å². The molecule has 2 N–H and O–H groups in total. The lowest BCUT2D eigenvalue weighted by Crippen LogP contribution is -3.12. The molecule has 1 aliphatic heterocycles. The number of quaternary nitrogens is 1. The number of benzene rings is 2. The highest BCUT2D eigenvalue weighted by molar-refractivity contribution is 5.99. The summed E-state index contributed by atoms with van der Waals surface area (Å²) in [5, 5.41) is 13.3. The van der Waals surface area contributed by atoms with E-state index in [1.54, 1.807) is 31.4 Å². The summed E-state index contributed by atoms with van der Waals surface area (Å²) >= 11 is 0. The zero-order chi connectivity index (χ0) is 22.1. The summed E-state index contributed by atoms with van der Waals surface area (Å²) in [6, 6.07) is 14.7. The highest BCUT2D eigenvalue weighted by Crippen LogP contribution is 2.20. The van der Waals surface area contributed by atoms with Gasteiger partial charge in [0.1, 0.15) is 37.2 Å². The monoisotopic (exact) mass is 423 g/mol. The summed E-state index contributed by atoms with van der Waals surface area (Å²) in [6.45, 7) is 5.90. The Bertz CT molecular complexity index is 978. The van der Waals surface area contributed by atoms with Crippen molar-refractivity contribution in [3.63, 3.8) is 0 Å². The number of nitrogens with zero attached hydrogens (tertiary/aromatic N) is 2. The van der Waals surface area contributed by atoms with Gasteiger partial charge in [-0.15, -0.1) is 0 Å². The number of morpholine rings is 1. The highest BCUT2D eigenvalue weighted by Gasteiger charge is 2.17. The summed E-state index contributed by atoms with van der Waals surface area (Å²) in [7, 11) is 1.67. The van der Waals surface area contributed by atoms with Crippen molar-refractivity contribution in [1.82, 2.24) is 5.43 Å². The van der Waals surface area contributed by atoms with Gasteiger partial charge in [0.2, 0.25) is 0 Å². The molecule has 1 saturated heterocycles. The van der Waals surface area contributed by atoms with Crippen LogP contribution in [-0.2, 0) is 16.1 Å². The average Bonchev–Trinajstić information content (AvgIpc) is 2.82. The summed E-state index contributed by atoms with van der Waals surface area (Å²) in [5.41, 5.74) is 5.55. The van der Waals surface area contributed by atoms with Crippen LogP contribution in [0.2, 0.25) is 0 Å². The number of carbonyl (C=O) groups is 1. The molecule has 1 fully saturated rings. The number of nitrogens with one attached hydrogen (secondary N) is 2. The molecule has 0 unspecified atom stereocenters. The van der Waals surface area contributed by atoms with Crippen molar-refractivity contribution < 1.29 is 23.9 Å². The van der Waals surface area contributed by atoms with Crippen LogP contribution in [0.25, 0.3) is 0 Å². The fraction of sp³-hybridized carbons (Fsp3) is 0.348. The largest absolute Gasteiger partial charge is 0.496 e. The molecule has 3 rings (SSSR count). The van der Waals surface area contributed by atoms with Crippen LogP contribution in [0.1, 0.15) is 23.6 Å². The molecule has 0 atom stereocenters. The molecule has 2 aromatic rings. The van der Waals surface area contributed by atoms with Gasteiger partial charge in [-0.25, -0.2) is 5.43 Å². The number of nitriles is 1. The van der Waals surface area contributed by atoms with E-state index in [-0.39, 0.29) is 6.61 Å². The van der Waals surface area contributed by atoms with Crippen molar-refractivity contribution in [2.75, 3.05) is 40.0 Å². The van der Waals surface area contributed by atoms with E-state index < -0.39 is 5.91 Å². The second-order valence-corrected chi connectivity index (χ2v) is 7.19. The van der Waals surface area contributed by atoms with E-state index in [1.165, 1.54) is 4.90 Å². The lowest BCUT2D eigenvalue weighted by atomic mass is 10.1. The Morgan fingerprint density at radius 1 is 1.23 bits per heavy atom. The summed E-state index contributed by atoms with van der Waals surface area (Å²) < 4.78 is 16.4. The highest BCUT2D eigenvalue weighted by atomic mass is 16.5. The quantitative estimate of drug-likeness (QED) is 0.486. The molecular weight excluding hydrogens is 396 g/mol. The van der Waals surface area contributed by atoms with Crippen molar-refractivity contribution in [2.45, 2.75) is 13.5 Å². The number of carbonyl (C=O) groups excluding carboxylic acids is 1. The van der Waals surface area contributed by atoms with Crippen LogP contribution in [0.4, 0.5) is 0 Å². The summed E-state index contributed by atoms with van der Waals surface area (Å²) in [6.07, 6.45) is 0. The van der Waals surface area contributed by atoms with Gasteiger partial charge < -0.3 is 19.1 Å². The van der Waals surface area contributed by atoms with Crippen molar-refractivity contribution in [2.24, 2.45) is 5.10 Å². The van der Waals surface area contributed by atoms with Gasteiger partial charge in [-0.3, -0.25) is 4.79 Å². The Labute approximate surface area is 182 Å². The Balaban J connectivity index is 1.61. The summed E-state index contributed by atoms with van der Waals surface area (Å²) in [4.78, 5) is 13.6. The fourth-order valence-electron chi connectivity index (χ4n) is 3.32. The first-order chi connectivity index (χ1) is 15.1. The van der Waals surface area contributed by atoms with Gasteiger partial charge in [0, 0.05) is 5.56 Å². The van der Waals surface area contributed by atoms with Crippen molar-refractivity contribution in [3.8, 4) is 17.6 Å². The number of rotatable bonds is 8. The van der Waals surface area contributed by atoms with E-state index in [2.05, 4.69) is 10.5 Å². The normalized spacial score (nSPS) is 14.5. The predicted octanol–water partition coefficient (Wildman–Crippen LogP) is 0.901. The van der Waals surface area contributed by atoms with E-state index in [9.17, 15) is 4.79 Å². The Kier molecular flexibility index (Phi) is 7.98. The van der Waals surface area contributed by atoms with E-state index in [0.717, 1.165) is 49.7 Å². The van der Waals surface area contributed by atoms with Gasteiger partial charge in [-0.2, -0.15) is 10.4 Å². The number of ether oxygens (including phenoxy) is 3.